The quantitative estimate of drug-likeness (QED) is 0.637. The molecule has 0 aliphatic carbocycles. The maximum Gasteiger partial charge on any atom is 0.323 e. The van der Waals surface area contributed by atoms with Gasteiger partial charge in [-0.15, -0.1) is 0 Å². The minimum Gasteiger partial charge on any atom is -0.389 e. The average molecular weight is 309 g/mol. The number of aromatic amines is 2. The van der Waals surface area contributed by atoms with Crippen molar-refractivity contribution in [3.63, 3.8) is 0 Å². The summed E-state index contributed by atoms with van der Waals surface area (Å²) in [5.41, 5.74) is 1.40. The molecular weight excluding hydrogens is 285 g/mol. The Kier molecular flexibility index (Phi) is 4.29. The molecule has 1 aromatic carbocycles. The fourth-order valence-electron chi connectivity index (χ4n) is 2.20. The predicted octanol–water partition coefficient (Wildman–Crippen LogP) is 1.91. The third-order valence-electron chi connectivity index (χ3n) is 4.39. The van der Waals surface area contributed by atoms with Gasteiger partial charge in [0.2, 0.25) is 0 Å². The Morgan fingerprint density at radius 1 is 1.24 bits per heavy atom. The molecule has 0 bridgehead atoms. The molecule has 2 unspecified atom stereocenters. The number of hydrogen-bond acceptors (Lipinski definition) is 3. The molecular formula is C15H24N3O2P. The van der Waals surface area contributed by atoms with Gasteiger partial charge in [-0.2, -0.15) is 0 Å². The molecule has 0 spiro atoms. The lowest BCUT2D eigenvalue weighted by Crippen LogP contribution is -2.55. The molecule has 1 aromatic heterocycles. The van der Waals surface area contributed by atoms with Crippen LogP contribution in [-0.2, 0) is 0 Å². The molecule has 0 saturated carbocycles. The molecule has 6 heteroatoms. The number of hydrogen-bond donors (Lipinski definition) is 4. The summed E-state index contributed by atoms with van der Waals surface area (Å²) in [5, 5.41) is 15.0. The Morgan fingerprint density at radius 2 is 1.81 bits per heavy atom. The summed E-state index contributed by atoms with van der Waals surface area (Å²) in [6.45, 7) is 9.78. The second kappa shape index (κ2) is 5.56. The summed E-state index contributed by atoms with van der Waals surface area (Å²) in [5.74, 6) is 0. The van der Waals surface area contributed by atoms with E-state index in [2.05, 4.69) is 22.0 Å². The van der Waals surface area contributed by atoms with E-state index in [1.165, 1.54) is 0 Å². The smallest absolute Gasteiger partial charge is 0.323 e. The van der Waals surface area contributed by atoms with Gasteiger partial charge in [-0.3, -0.25) is 5.09 Å². The first-order chi connectivity index (χ1) is 9.66. The Morgan fingerprint density at radius 3 is 2.33 bits per heavy atom. The molecule has 2 atom stereocenters. The first-order valence-corrected chi connectivity index (χ1v) is 8.14. The lowest BCUT2D eigenvalue weighted by atomic mass is 9.83. The fourth-order valence-corrected chi connectivity index (χ4v) is 3.58. The van der Waals surface area contributed by atoms with E-state index < -0.39 is 5.60 Å². The highest BCUT2D eigenvalue weighted by atomic mass is 31.1. The first kappa shape index (κ1) is 16.2. The zero-order valence-corrected chi connectivity index (χ0v) is 14.2. The lowest BCUT2D eigenvalue weighted by molar-refractivity contribution is -0.00328. The van der Waals surface area contributed by atoms with E-state index in [9.17, 15) is 9.90 Å². The maximum atomic E-state index is 11.3. The van der Waals surface area contributed by atoms with Gasteiger partial charge in [-0.1, -0.05) is 6.92 Å². The number of fused-ring (bicyclic) bond motifs is 1. The van der Waals surface area contributed by atoms with Crippen LogP contribution in [0.2, 0.25) is 0 Å². The van der Waals surface area contributed by atoms with E-state index in [-0.39, 0.29) is 11.2 Å². The maximum absolute atomic E-state index is 11.3. The van der Waals surface area contributed by atoms with Gasteiger partial charge in [0.25, 0.3) is 0 Å². The van der Waals surface area contributed by atoms with Gasteiger partial charge in [-0.25, -0.2) is 4.79 Å². The number of H-pyrrole nitrogens is 2. The van der Waals surface area contributed by atoms with Gasteiger partial charge >= 0.3 is 5.69 Å². The number of aryl methyl sites for hydroxylation is 1. The van der Waals surface area contributed by atoms with Crippen molar-refractivity contribution in [2.24, 2.45) is 0 Å². The van der Waals surface area contributed by atoms with Gasteiger partial charge in [-0.05, 0) is 65.8 Å². The van der Waals surface area contributed by atoms with Gasteiger partial charge in [0.1, 0.15) is 0 Å². The second-order valence-corrected chi connectivity index (χ2v) is 7.33. The largest absolute Gasteiger partial charge is 0.389 e. The molecule has 0 saturated heterocycles. The Bertz CT molecular complexity index is 699. The molecule has 2 aromatic rings. The van der Waals surface area contributed by atoms with E-state index in [1.54, 1.807) is 0 Å². The molecule has 0 fully saturated rings. The number of aromatic nitrogens is 2. The van der Waals surface area contributed by atoms with Crippen LogP contribution < -0.4 is 16.1 Å². The zero-order valence-electron chi connectivity index (χ0n) is 13.2. The van der Waals surface area contributed by atoms with Crippen molar-refractivity contribution in [3.8, 4) is 0 Å². The van der Waals surface area contributed by atoms with Crippen molar-refractivity contribution in [3.05, 3.63) is 28.2 Å². The van der Waals surface area contributed by atoms with E-state index in [0.29, 0.717) is 8.73 Å². The minimum atomic E-state index is -0.810. The molecule has 116 valence electrons. The average Bonchev–Trinajstić information content (AvgIpc) is 2.73. The Balaban J connectivity index is 2.27. The Labute approximate surface area is 126 Å². The zero-order chi connectivity index (χ0) is 15.8. The normalized spacial score (nSPS) is 15.9. The highest BCUT2D eigenvalue weighted by Gasteiger charge is 2.37. The highest BCUT2D eigenvalue weighted by molar-refractivity contribution is 7.45. The van der Waals surface area contributed by atoms with Gasteiger partial charge in [0.05, 0.1) is 16.6 Å². The summed E-state index contributed by atoms with van der Waals surface area (Å²) >= 11 is 0. The van der Waals surface area contributed by atoms with Crippen LogP contribution in [0.25, 0.3) is 11.0 Å². The lowest BCUT2D eigenvalue weighted by Gasteiger charge is -2.41. The van der Waals surface area contributed by atoms with E-state index >= 15 is 0 Å². The van der Waals surface area contributed by atoms with Crippen LogP contribution in [0.4, 0.5) is 0 Å². The summed E-state index contributed by atoms with van der Waals surface area (Å²) in [6, 6.07) is 3.97. The van der Waals surface area contributed by atoms with Crippen LogP contribution in [0.1, 0.15) is 39.7 Å². The summed E-state index contributed by atoms with van der Waals surface area (Å²) in [7, 11) is 0.362. The number of rotatable bonds is 5. The van der Waals surface area contributed by atoms with Crippen molar-refractivity contribution in [1.29, 1.82) is 0 Å². The molecule has 5 nitrogen and oxygen atoms in total. The monoisotopic (exact) mass is 309 g/mol. The summed E-state index contributed by atoms with van der Waals surface area (Å²) in [4.78, 5) is 16.9. The van der Waals surface area contributed by atoms with Crippen LogP contribution in [-0.4, -0.2) is 26.2 Å². The molecule has 2 rings (SSSR count). The highest BCUT2D eigenvalue weighted by Crippen LogP contribution is 2.29. The SMILES string of the molecule is CCC(C)(NPc1cc2[nH]c(=O)[nH]c2cc1C)C(C)(C)O. The third-order valence-corrected chi connectivity index (χ3v) is 5.88. The third kappa shape index (κ3) is 3.20. The standard InChI is InChI=1S/C15H24N3O2P/c1-6-15(5,14(3,4)20)18-21-12-8-11-10(7-9(12)2)16-13(19)17-11/h7-8,18,20-21H,6H2,1-5H3,(H2,16,17,19). The van der Waals surface area contributed by atoms with Crippen LogP contribution in [0.15, 0.2) is 16.9 Å². The fraction of sp³-hybridized carbons (Fsp3) is 0.533. The second-order valence-electron chi connectivity index (χ2n) is 6.29. The number of benzene rings is 1. The van der Waals surface area contributed by atoms with Gasteiger partial charge in [0, 0.05) is 5.54 Å². The van der Waals surface area contributed by atoms with E-state index in [4.69, 9.17) is 0 Å². The van der Waals surface area contributed by atoms with Crippen LogP contribution in [0.5, 0.6) is 0 Å². The van der Waals surface area contributed by atoms with Crippen LogP contribution >= 0.6 is 8.73 Å². The first-order valence-electron chi connectivity index (χ1n) is 7.14. The van der Waals surface area contributed by atoms with Crippen molar-refractivity contribution in [2.45, 2.75) is 52.2 Å². The number of aliphatic hydroxyl groups is 1. The Hall–Kier alpha value is -1.16. The molecule has 4 N–H and O–H groups in total. The number of nitrogens with one attached hydrogen (secondary N) is 3. The predicted molar refractivity (Wildman–Crippen MR) is 89.7 cm³/mol. The van der Waals surface area contributed by atoms with Crippen LogP contribution in [0, 0.1) is 6.92 Å². The van der Waals surface area contributed by atoms with Gasteiger partial charge < -0.3 is 15.1 Å². The molecule has 0 radical (unpaired) electrons. The van der Waals surface area contributed by atoms with Crippen molar-refractivity contribution >= 4 is 25.1 Å². The van der Waals surface area contributed by atoms with Crippen molar-refractivity contribution in [1.82, 2.24) is 15.1 Å². The topological polar surface area (TPSA) is 80.9 Å². The molecule has 0 aliphatic heterocycles. The molecule has 0 aliphatic rings. The molecule has 0 amide bonds. The van der Waals surface area contributed by atoms with Crippen molar-refractivity contribution < 1.29 is 5.11 Å². The molecule has 1 heterocycles. The van der Waals surface area contributed by atoms with E-state index in [0.717, 1.165) is 28.3 Å². The van der Waals surface area contributed by atoms with Gasteiger partial charge in [0.15, 0.2) is 0 Å². The van der Waals surface area contributed by atoms with Crippen molar-refractivity contribution in [2.75, 3.05) is 0 Å². The number of imidazole rings is 1. The summed E-state index contributed by atoms with van der Waals surface area (Å²) in [6.07, 6.45) is 0.825. The minimum absolute atomic E-state index is 0.187. The summed E-state index contributed by atoms with van der Waals surface area (Å²) < 4.78 is 0. The van der Waals surface area contributed by atoms with Crippen LogP contribution in [0.3, 0.4) is 0 Å². The molecule has 21 heavy (non-hydrogen) atoms. The van der Waals surface area contributed by atoms with E-state index in [1.807, 2.05) is 39.8 Å².